The van der Waals surface area contributed by atoms with Crippen LogP contribution in [0.2, 0.25) is 10.0 Å². The maximum atomic E-state index is 12.6. The minimum atomic E-state index is -0.398. The van der Waals surface area contributed by atoms with Crippen molar-refractivity contribution in [3.05, 3.63) is 75.6 Å². The third kappa shape index (κ3) is 3.96. The minimum Gasteiger partial charge on any atom is -0.488 e. The van der Waals surface area contributed by atoms with Crippen molar-refractivity contribution in [2.45, 2.75) is 0 Å². The number of imide groups is 1. The highest BCUT2D eigenvalue weighted by molar-refractivity contribution is 8.19. The first-order valence-electron chi connectivity index (χ1n) is 7.56. The SMILES string of the molecule is C=CCOc1ccc(/C=C2/SC(=O)N(c3cccc(Cl)c3)C2=O)cc1Cl. The van der Waals surface area contributed by atoms with E-state index in [2.05, 4.69) is 6.58 Å². The smallest absolute Gasteiger partial charge is 0.298 e. The number of carbonyl (C=O) groups is 2. The Morgan fingerprint density at radius 1 is 1.15 bits per heavy atom. The highest BCUT2D eigenvalue weighted by Gasteiger charge is 2.36. The number of hydrogen-bond acceptors (Lipinski definition) is 4. The lowest BCUT2D eigenvalue weighted by molar-refractivity contribution is -0.113. The van der Waals surface area contributed by atoms with Crippen LogP contribution < -0.4 is 9.64 Å². The maximum absolute atomic E-state index is 12.6. The first kappa shape index (κ1) is 18.6. The van der Waals surface area contributed by atoms with Crippen LogP contribution in [0, 0.1) is 0 Å². The van der Waals surface area contributed by atoms with Crippen molar-refractivity contribution in [3.8, 4) is 5.75 Å². The fourth-order valence-electron chi connectivity index (χ4n) is 2.33. The van der Waals surface area contributed by atoms with E-state index in [4.69, 9.17) is 27.9 Å². The van der Waals surface area contributed by atoms with Crippen LogP contribution in [0.3, 0.4) is 0 Å². The van der Waals surface area contributed by atoms with Crippen LogP contribution in [0.25, 0.3) is 6.08 Å². The molecule has 0 aliphatic carbocycles. The molecule has 132 valence electrons. The number of ether oxygens (including phenoxy) is 1. The van der Waals surface area contributed by atoms with Crippen LogP contribution in [0.1, 0.15) is 5.56 Å². The number of rotatable bonds is 5. The van der Waals surface area contributed by atoms with Gasteiger partial charge in [-0.15, -0.1) is 0 Å². The molecule has 0 bridgehead atoms. The van der Waals surface area contributed by atoms with Gasteiger partial charge in [0, 0.05) is 5.02 Å². The van der Waals surface area contributed by atoms with Crippen LogP contribution in [0.4, 0.5) is 10.5 Å². The van der Waals surface area contributed by atoms with E-state index in [0.29, 0.717) is 38.6 Å². The second-order valence-corrected chi connectivity index (χ2v) is 7.12. The molecule has 4 nitrogen and oxygen atoms in total. The Kier molecular flexibility index (Phi) is 5.71. The lowest BCUT2D eigenvalue weighted by Gasteiger charge is -2.12. The van der Waals surface area contributed by atoms with Crippen LogP contribution in [-0.4, -0.2) is 17.8 Å². The summed E-state index contributed by atoms with van der Waals surface area (Å²) < 4.78 is 5.42. The molecule has 0 atom stereocenters. The fourth-order valence-corrected chi connectivity index (χ4v) is 3.60. The van der Waals surface area contributed by atoms with Gasteiger partial charge in [-0.2, -0.15) is 0 Å². The Hall–Kier alpha value is -2.21. The van der Waals surface area contributed by atoms with E-state index < -0.39 is 5.91 Å². The summed E-state index contributed by atoms with van der Waals surface area (Å²) in [6.45, 7) is 3.93. The molecule has 0 aromatic heterocycles. The molecule has 1 fully saturated rings. The number of amides is 2. The van der Waals surface area contributed by atoms with Gasteiger partial charge < -0.3 is 4.74 Å². The Labute approximate surface area is 165 Å². The van der Waals surface area contributed by atoms with Gasteiger partial charge in [0.1, 0.15) is 12.4 Å². The fraction of sp³-hybridized carbons (Fsp3) is 0.0526. The van der Waals surface area contributed by atoms with E-state index in [1.165, 1.54) is 0 Å². The number of carbonyl (C=O) groups excluding carboxylic acids is 2. The van der Waals surface area contributed by atoms with Crippen molar-refractivity contribution in [1.82, 2.24) is 0 Å². The topological polar surface area (TPSA) is 46.6 Å². The zero-order chi connectivity index (χ0) is 18.7. The number of benzene rings is 2. The maximum Gasteiger partial charge on any atom is 0.298 e. The van der Waals surface area contributed by atoms with Crippen molar-refractivity contribution < 1.29 is 14.3 Å². The normalized spacial score (nSPS) is 15.6. The largest absolute Gasteiger partial charge is 0.488 e. The van der Waals surface area contributed by atoms with Gasteiger partial charge in [-0.25, -0.2) is 4.90 Å². The summed E-state index contributed by atoms with van der Waals surface area (Å²) in [6.07, 6.45) is 3.24. The van der Waals surface area contributed by atoms with E-state index in [0.717, 1.165) is 16.7 Å². The molecular formula is C19H13Cl2NO3S. The van der Waals surface area contributed by atoms with E-state index >= 15 is 0 Å². The molecule has 0 saturated carbocycles. The predicted octanol–water partition coefficient (Wildman–Crippen LogP) is 5.80. The summed E-state index contributed by atoms with van der Waals surface area (Å²) in [4.78, 5) is 26.3. The molecule has 26 heavy (non-hydrogen) atoms. The molecule has 1 aliphatic rings. The third-order valence-corrected chi connectivity index (χ3v) is 4.87. The van der Waals surface area contributed by atoms with Crippen molar-refractivity contribution in [1.29, 1.82) is 0 Å². The molecule has 2 aromatic rings. The lowest BCUT2D eigenvalue weighted by atomic mass is 10.2. The van der Waals surface area contributed by atoms with Gasteiger partial charge in [-0.3, -0.25) is 9.59 Å². The standard InChI is InChI=1S/C19H13Cl2NO3S/c1-2-8-25-16-7-6-12(9-15(16)21)10-17-18(23)22(19(24)26-17)14-5-3-4-13(20)11-14/h2-7,9-11H,1,8H2/b17-10+. The lowest BCUT2D eigenvalue weighted by Crippen LogP contribution is -2.27. The van der Waals surface area contributed by atoms with Crippen molar-refractivity contribution in [2.24, 2.45) is 0 Å². The average Bonchev–Trinajstić information content (AvgIpc) is 2.88. The highest BCUT2D eigenvalue weighted by atomic mass is 35.5. The molecule has 3 rings (SSSR count). The van der Waals surface area contributed by atoms with E-state index in [1.54, 1.807) is 54.6 Å². The van der Waals surface area contributed by atoms with Gasteiger partial charge in [0.05, 0.1) is 15.6 Å². The number of thioether (sulfide) groups is 1. The second-order valence-electron chi connectivity index (χ2n) is 5.29. The van der Waals surface area contributed by atoms with Crippen LogP contribution in [-0.2, 0) is 4.79 Å². The van der Waals surface area contributed by atoms with Crippen molar-refractivity contribution in [2.75, 3.05) is 11.5 Å². The summed E-state index contributed by atoms with van der Waals surface area (Å²) >= 11 is 13.0. The number of nitrogens with zero attached hydrogens (tertiary/aromatic N) is 1. The summed E-state index contributed by atoms with van der Waals surface area (Å²) in [5.74, 6) is 0.126. The molecule has 1 heterocycles. The van der Waals surface area contributed by atoms with E-state index in [1.807, 2.05) is 0 Å². The third-order valence-electron chi connectivity index (χ3n) is 3.47. The minimum absolute atomic E-state index is 0.311. The zero-order valence-electron chi connectivity index (χ0n) is 13.4. The molecule has 0 radical (unpaired) electrons. The van der Waals surface area contributed by atoms with Gasteiger partial charge in [0.25, 0.3) is 11.1 Å². The second kappa shape index (κ2) is 7.99. The summed E-state index contributed by atoms with van der Waals surface area (Å²) in [5, 5.41) is 0.489. The molecule has 0 N–H and O–H groups in total. The van der Waals surface area contributed by atoms with Gasteiger partial charge in [-0.1, -0.05) is 48.0 Å². The van der Waals surface area contributed by atoms with Crippen LogP contribution in [0.15, 0.2) is 60.0 Å². The van der Waals surface area contributed by atoms with E-state index in [-0.39, 0.29) is 5.24 Å². The average molecular weight is 406 g/mol. The molecule has 2 amide bonds. The van der Waals surface area contributed by atoms with Crippen molar-refractivity contribution in [3.63, 3.8) is 0 Å². The summed E-state index contributed by atoms with van der Waals surface area (Å²) in [5.41, 5.74) is 1.13. The Balaban J connectivity index is 1.86. The van der Waals surface area contributed by atoms with Gasteiger partial charge in [0.15, 0.2) is 0 Å². The molecule has 1 aliphatic heterocycles. The number of anilines is 1. The molecule has 0 spiro atoms. The van der Waals surface area contributed by atoms with Gasteiger partial charge in [-0.05, 0) is 53.7 Å². The quantitative estimate of drug-likeness (QED) is 0.465. The first-order valence-corrected chi connectivity index (χ1v) is 9.13. The highest BCUT2D eigenvalue weighted by Crippen LogP contribution is 2.37. The van der Waals surface area contributed by atoms with Crippen molar-refractivity contribution >= 4 is 57.9 Å². The zero-order valence-corrected chi connectivity index (χ0v) is 15.8. The summed E-state index contributed by atoms with van der Waals surface area (Å²) in [6, 6.07) is 11.7. The number of hydrogen-bond donors (Lipinski definition) is 0. The number of halogens is 2. The van der Waals surface area contributed by atoms with Gasteiger partial charge in [0.2, 0.25) is 0 Å². The Morgan fingerprint density at radius 2 is 1.96 bits per heavy atom. The van der Waals surface area contributed by atoms with Crippen LogP contribution >= 0.6 is 35.0 Å². The predicted molar refractivity (Wildman–Crippen MR) is 107 cm³/mol. The first-order chi connectivity index (χ1) is 12.5. The molecular weight excluding hydrogens is 393 g/mol. The summed E-state index contributed by atoms with van der Waals surface area (Å²) in [7, 11) is 0. The Morgan fingerprint density at radius 3 is 2.65 bits per heavy atom. The molecule has 7 heteroatoms. The molecule has 0 unspecified atom stereocenters. The Bertz CT molecular complexity index is 927. The van der Waals surface area contributed by atoms with E-state index in [9.17, 15) is 9.59 Å². The van der Waals surface area contributed by atoms with Gasteiger partial charge >= 0.3 is 0 Å². The molecule has 1 saturated heterocycles. The monoisotopic (exact) mass is 405 g/mol. The van der Waals surface area contributed by atoms with Crippen LogP contribution in [0.5, 0.6) is 5.75 Å². The molecule has 2 aromatic carbocycles.